The van der Waals surface area contributed by atoms with Crippen LogP contribution < -0.4 is 0 Å². The molecule has 17 heavy (non-hydrogen) atoms. The summed E-state index contributed by atoms with van der Waals surface area (Å²) in [4.78, 5) is 13.2. The Labute approximate surface area is 105 Å². The number of rotatable bonds is 4. The van der Waals surface area contributed by atoms with Crippen LogP contribution in [0, 0.1) is 11.3 Å². The number of amides is 1. The lowest BCUT2D eigenvalue weighted by molar-refractivity contribution is -0.129. The van der Waals surface area contributed by atoms with Gasteiger partial charge in [0.2, 0.25) is 5.91 Å². The summed E-state index contributed by atoms with van der Waals surface area (Å²) in [5.41, 5.74) is 0.136. The van der Waals surface area contributed by atoms with Crippen molar-refractivity contribution in [3.05, 3.63) is 12.2 Å². The monoisotopic (exact) mass is 239 g/mol. The molecule has 1 fully saturated rings. The van der Waals surface area contributed by atoms with E-state index in [0.29, 0.717) is 13.0 Å². The van der Waals surface area contributed by atoms with Crippen LogP contribution in [0.4, 0.5) is 0 Å². The fraction of sp³-hybridized carbons (Fsp3) is 0.786. The molecular formula is C14H25NO2. The SMILES string of the molecule is CC(C=CC(C)(C)C)C(O)CN1CCCC1=O. The van der Waals surface area contributed by atoms with Gasteiger partial charge in [-0.2, -0.15) is 0 Å². The third-order valence-electron chi connectivity index (χ3n) is 3.09. The topological polar surface area (TPSA) is 40.5 Å². The molecule has 1 aliphatic heterocycles. The van der Waals surface area contributed by atoms with E-state index in [1.165, 1.54) is 0 Å². The summed E-state index contributed by atoms with van der Waals surface area (Å²) >= 11 is 0. The zero-order valence-electron chi connectivity index (χ0n) is 11.4. The van der Waals surface area contributed by atoms with Gasteiger partial charge in [-0.05, 0) is 11.8 Å². The maximum Gasteiger partial charge on any atom is 0.222 e. The molecule has 0 bridgehead atoms. The van der Waals surface area contributed by atoms with Gasteiger partial charge in [0.25, 0.3) is 0 Å². The molecule has 3 nitrogen and oxygen atoms in total. The fourth-order valence-electron chi connectivity index (χ4n) is 1.86. The molecule has 1 saturated heterocycles. The fourth-order valence-corrected chi connectivity index (χ4v) is 1.86. The molecule has 0 aromatic rings. The smallest absolute Gasteiger partial charge is 0.222 e. The molecule has 0 aromatic carbocycles. The number of hydrogen-bond acceptors (Lipinski definition) is 2. The predicted molar refractivity (Wildman–Crippen MR) is 69.6 cm³/mol. The lowest BCUT2D eigenvalue weighted by Gasteiger charge is -2.23. The minimum absolute atomic E-state index is 0.0858. The molecule has 0 radical (unpaired) electrons. The van der Waals surface area contributed by atoms with Gasteiger partial charge in [0.05, 0.1) is 6.10 Å². The average molecular weight is 239 g/mol. The van der Waals surface area contributed by atoms with Crippen LogP contribution in [0.2, 0.25) is 0 Å². The Hall–Kier alpha value is -0.830. The number of β-amino-alcohol motifs (C(OH)–C–C–N with tert-alkyl or cyclic N) is 1. The number of allylic oxidation sites excluding steroid dienone is 1. The van der Waals surface area contributed by atoms with E-state index in [1.807, 2.05) is 13.0 Å². The lowest BCUT2D eigenvalue weighted by atomic mass is 9.93. The molecule has 2 atom stereocenters. The number of carbonyl (C=O) groups is 1. The van der Waals surface area contributed by atoms with Crippen molar-refractivity contribution < 1.29 is 9.90 Å². The van der Waals surface area contributed by atoms with Crippen LogP contribution in [-0.4, -0.2) is 35.1 Å². The van der Waals surface area contributed by atoms with Gasteiger partial charge < -0.3 is 10.0 Å². The normalized spacial score (nSPS) is 21.2. The summed E-state index contributed by atoms with van der Waals surface area (Å²) < 4.78 is 0. The van der Waals surface area contributed by atoms with Gasteiger partial charge in [0, 0.05) is 25.4 Å². The Balaban J connectivity index is 2.44. The van der Waals surface area contributed by atoms with Crippen LogP contribution in [0.25, 0.3) is 0 Å². The Bertz CT molecular complexity index is 291. The number of carbonyl (C=O) groups excluding carboxylic acids is 1. The molecule has 0 aliphatic carbocycles. The molecule has 0 spiro atoms. The first-order valence-electron chi connectivity index (χ1n) is 6.45. The second-order valence-electron chi connectivity index (χ2n) is 6.09. The van der Waals surface area contributed by atoms with Crippen LogP contribution >= 0.6 is 0 Å². The van der Waals surface area contributed by atoms with E-state index in [1.54, 1.807) is 4.90 Å². The zero-order chi connectivity index (χ0) is 13.1. The van der Waals surface area contributed by atoms with Gasteiger partial charge in [-0.3, -0.25) is 4.79 Å². The van der Waals surface area contributed by atoms with Crippen molar-refractivity contribution in [2.75, 3.05) is 13.1 Å². The first-order valence-corrected chi connectivity index (χ1v) is 6.45. The Morgan fingerprint density at radius 1 is 1.47 bits per heavy atom. The molecular weight excluding hydrogens is 214 g/mol. The molecule has 1 amide bonds. The highest BCUT2D eigenvalue weighted by Gasteiger charge is 2.24. The lowest BCUT2D eigenvalue weighted by Crippen LogP contribution is -2.36. The van der Waals surface area contributed by atoms with Gasteiger partial charge in [-0.1, -0.05) is 39.8 Å². The number of nitrogens with zero attached hydrogens (tertiary/aromatic N) is 1. The van der Waals surface area contributed by atoms with Crippen molar-refractivity contribution in [2.45, 2.75) is 46.6 Å². The molecule has 0 aromatic heterocycles. The van der Waals surface area contributed by atoms with Gasteiger partial charge in [0.15, 0.2) is 0 Å². The summed E-state index contributed by atoms with van der Waals surface area (Å²) in [5.74, 6) is 0.263. The van der Waals surface area contributed by atoms with E-state index >= 15 is 0 Å². The highest BCUT2D eigenvalue weighted by molar-refractivity contribution is 5.78. The summed E-state index contributed by atoms with van der Waals surface area (Å²) in [6, 6.07) is 0. The van der Waals surface area contributed by atoms with Gasteiger partial charge in [-0.15, -0.1) is 0 Å². The van der Waals surface area contributed by atoms with Gasteiger partial charge >= 0.3 is 0 Å². The van der Waals surface area contributed by atoms with Gasteiger partial charge in [0.1, 0.15) is 0 Å². The highest BCUT2D eigenvalue weighted by Crippen LogP contribution is 2.18. The Morgan fingerprint density at radius 3 is 2.59 bits per heavy atom. The minimum atomic E-state index is -0.462. The number of aliphatic hydroxyl groups excluding tert-OH is 1. The standard InChI is InChI=1S/C14H25NO2/c1-11(7-8-14(2,3)4)12(16)10-15-9-5-6-13(15)17/h7-8,11-12,16H,5-6,9-10H2,1-4H3. The quantitative estimate of drug-likeness (QED) is 0.764. The molecule has 98 valence electrons. The second kappa shape index (κ2) is 5.67. The van der Waals surface area contributed by atoms with Crippen LogP contribution in [-0.2, 0) is 4.79 Å². The maximum atomic E-state index is 11.4. The third kappa shape index (κ3) is 4.90. The molecule has 1 N–H and O–H groups in total. The van der Waals surface area contributed by atoms with E-state index in [2.05, 4.69) is 26.8 Å². The van der Waals surface area contributed by atoms with Crippen LogP contribution in [0.3, 0.4) is 0 Å². The Kier molecular flexibility index (Phi) is 4.75. The largest absolute Gasteiger partial charge is 0.391 e. The molecule has 3 heteroatoms. The van der Waals surface area contributed by atoms with E-state index in [-0.39, 0.29) is 17.2 Å². The first kappa shape index (κ1) is 14.2. The van der Waals surface area contributed by atoms with Crippen molar-refractivity contribution in [1.82, 2.24) is 4.90 Å². The maximum absolute atomic E-state index is 11.4. The average Bonchev–Trinajstić information content (AvgIpc) is 2.59. The van der Waals surface area contributed by atoms with E-state index in [4.69, 9.17) is 0 Å². The van der Waals surface area contributed by atoms with Crippen molar-refractivity contribution in [3.8, 4) is 0 Å². The van der Waals surface area contributed by atoms with Crippen molar-refractivity contribution in [1.29, 1.82) is 0 Å². The van der Waals surface area contributed by atoms with Crippen molar-refractivity contribution in [3.63, 3.8) is 0 Å². The third-order valence-corrected chi connectivity index (χ3v) is 3.09. The van der Waals surface area contributed by atoms with Crippen LogP contribution in [0.5, 0.6) is 0 Å². The second-order valence-corrected chi connectivity index (χ2v) is 6.09. The van der Waals surface area contributed by atoms with Crippen molar-refractivity contribution >= 4 is 5.91 Å². The van der Waals surface area contributed by atoms with E-state index in [9.17, 15) is 9.90 Å². The summed E-state index contributed by atoms with van der Waals surface area (Å²) in [6.07, 6.45) is 5.27. The highest BCUT2D eigenvalue weighted by atomic mass is 16.3. The Morgan fingerprint density at radius 2 is 2.12 bits per heavy atom. The molecule has 1 rings (SSSR count). The molecule has 2 unspecified atom stereocenters. The molecule has 1 heterocycles. The summed E-state index contributed by atoms with van der Waals surface area (Å²) in [7, 11) is 0. The predicted octanol–water partition coefficient (Wildman–Crippen LogP) is 2.21. The zero-order valence-corrected chi connectivity index (χ0v) is 11.4. The van der Waals surface area contributed by atoms with Gasteiger partial charge in [-0.25, -0.2) is 0 Å². The van der Waals surface area contributed by atoms with Crippen molar-refractivity contribution in [2.24, 2.45) is 11.3 Å². The number of aliphatic hydroxyl groups is 1. The van der Waals surface area contributed by atoms with Crippen LogP contribution in [0.15, 0.2) is 12.2 Å². The van der Waals surface area contributed by atoms with Crippen LogP contribution in [0.1, 0.15) is 40.5 Å². The minimum Gasteiger partial charge on any atom is -0.391 e. The van der Waals surface area contributed by atoms with E-state index < -0.39 is 6.10 Å². The summed E-state index contributed by atoms with van der Waals surface area (Å²) in [5, 5.41) is 10.0. The first-order chi connectivity index (χ1) is 7.79. The number of hydrogen-bond donors (Lipinski definition) is 1. The van der Waals surface area contributed by atoms with E-state index in [0.717, 1.165) is 13.0 Å². The number of likely N-dealkylation sites (tertiary alicyclic amines) is 1. The molecule has 1 aliphatic rings. The summed E-state index contributed by atoms with van der Waals surface area (Å²) in [6.45, 7) is 9.65. The molecule has 0 saturated carbocycles.